The van der Waals surface area contributed by atoms with Crippen molar-refractivity contribution in [3.8, 4) is 0 Å². The van der Waals surface area contributed by atoms with Gasteiger partial charge in [-0.3, -0.25) is 9.20 Å². The Balaban J connectivity index is 1.36. The van der Waals surface area contributed by atoms with Gasteiger partial charge >= 0.3 is 0 Å². The lowest BCUT2D eigenvalue weighted by Gasteiger charge is -2.04. The van der Waals surface area contributed by atoms with E-state index in [4.69, 9.17) is 11.6 Å². The van der Waals surface area contributed by atoms with Gasteiger partial charge in [-0.05, 0) is 24.1 Å². The molecule has 1 saturated carbocycles. The zero-order valence-electron chi connectivity index (χ0n) is 11.7. The highest BCUT2D eigenvalue weighted by molar-refractivity contribution is 7.15. The SMILES string of the molecule is O=C(Cc1cn2ccsc2n1)N[C@H]1C[C@H]1c1cccc(Cl)c1. The molecule has 2 heterocycles. The van der Waals surface area contributed by atoms with Crippen LogP contribution in [-0.4, -0.2) is 21.3 Å². The van der Waals surface area contributed by atoms with Crippen LogP contribution in [0.4, 0.5) is 0 Å². The average Bonchev–Trinajstić information content (AvgIpc) is 2.91. The third kappa shape index (κ3) is 2.74. The number of nitrogens with one attached hydrogen (secondary N) is 1. The molecule has 0 bridgehead atoms. The number of hydrogen-bond acceptors (Lipinski definition) is 3. The molecule has 1 aliphatic carbocycles. The van der Waals surface area contributed by atoms with Crippen LogP contribution in [0.15, 0.2) is 42.0 Å². The molecule has 112 valence electrons. The van der Waals surface area contributed by atoms with Gasteiger partial charge in [0, 0.05) is 34.8 Å². The number of hydrogen-bond donors (Lipinski definition) is 1. The van der Waals surface area contributed by atoms with Crippen molar-refractivity contribution >= 4 is 33.8 Å². The number of imidazole rings is 1. The third-order valence-electron chi connectivity index (χ3n) is 3.90. The summed E-state index contributed by atoms with van der Waals surface area (Å²) in [5.41, 5.74) is 2.00. The molecule has 4 rings (SSSR count). The van der Waals surface area contributed by atoms with E-state index in [9.17, 15) is 4.79 Å². The molecule has 3 aromatic rings. The van der Waals surface area contributed by atoms with Crippen LogP contribution in [0, 0.1) is 0 Å². The molecule has 0 saturated heterocycles. The maximum Gasteiger partial charge on any atom is 0.226 e. The first-order valence-corrected chi connectivity index (χ1v) is 8.41. The number of halogens is 1. The van der Waals surface area contributed by atoms with Gasteiger partial charge in [-0.25, -0.2) is 4.98 Å². The lowest BCUT2D eigenvalue weighted by atomic mass is 10.1. The Bertz CT molecular complexity index is 812. The number of benzene rings is 1. The minimum absolute atomic E-state index is 0.0280. The largest absolute Gasteiger partial charge is 0.352 e. The van der Waals surface area contributed by atoms with E-state index in [0.717, 1.165) is 22.1 Å². The number of carbonyl (C=O) groups is 1. The minimum Gasteiger partial charge on any atom is -0.352 e. The molecule has 1 aliphatic rings. The molecular weight excluding hydrogens is 318 g/mol. The molecule has 2 atom stereocenters. The van der Waals surface area contributed by atoms with Crippen LogP contribution in [0.3, 0.4) is 0 Å². The summed E-state index contributed by atoms with van der Waals surface area (Å²) < 4.78 is 1.94. The number of rotatable bonds is 4. The number of fused-ring (bicyclic) bond motifs is 1. The molecular formula is C16H14ClN3OS. The van der Waals surface area contributed by atoms with Crippen molar-refractivity contribution in [2.75, 3.05) is 0 Å². The maximum atomic E-state index is 12.1. The molecule has 1 fully saturated rings. The fourth-order valence-corrected chi connectivity index (χ4v) is 3.66. The molecule has 4 nitrogen and oxygen atoms in total. The fourth-order valence-electron chi connectivity index (χ4n) is 2.74. The first-order valence-electron chi connectivity index (χ1n) is 7.15. The van der Waals surface area contributed by atoms with Gasteiger partial charge in [-0.2, -0.15) is 0 Å². The Morgan fingerprint density at radius 2 is 2.41 bits per heavy atom. The van der Waals surface area contributed by atoms with E-state index in [0.29, 0.717) is 12.3 Å². The van der Waals surface area contributed by atoms with Crippen LogP contribution >= 0.6 is 22.9 Å². The second kappa shape index (κ2) is 5.41. The molecule has 2 aromatic heterocycles. The topological polar surface area (TPSA) is 46.4 Å². The highest BCUT2D eigenvalue weighted by atomic mass is 35.5. The van der Waals surface area contributed by atoms with Crippen molar-refractivity contribution in [2.45, 2.75) is 24.8 Å². The molecule has 1 amide bonds. The van der Waals surface area contributed by atoms with E-state index in [2.05, 4.69) is 16.4 Å². The van der Waals surface area contributed by atoms with Crippen molar-refractivity contribution in [3.05, 3.63) is 58.3 Å². The van der Waals surface area contributed by atoms with Crippen LogP contribution in [-0.2, 0) is 11.2 Å². The summed E-state index contributed by atoms with van der Waals surface area (Å²) in [6, 6.07) is 8.07. The quantitative estimate of drug-likeness (QED) is 0.797. The summed E-state index contributed by atoms with van der Waals surface area (Å²) in [5, 5.41) is 5.80. The predicted octanol–water partition coefficient (Wildman–Crippen LogP) is 3.26. The summed E-state index contributed by atoms with van der Waals surface area (Å²) in [4.78, 5) is 17.5. The zero-order chi connectivity index (χ0) is 15.1. The highest BCUT2D eigenvalue weighted by Crippen LogP contribution is 2.41. The molecule has 1 aromatic carbocycles. The lowest BCUT2D eigenvalue weighted by Crippen LogP contribution is -2.28. The maximum absolute atomic E-state index is 12.1. The smallest absolute Gasteiger partial charge is 0.226 e. The molecule has 0 aliphatic heterocycles. The monoisotopic (exact) mass is 331 g/mol. The number of aromatic nitrogens is 2. The Labute approximate surface area is 136 Å². The van der Waals surface area contributed by atoms with Crippen LogP contribution in [0.5, 0.6) is 0 Å². The van der Waals surface area contributed by atoms with Crippen LogP contribution in [0.25, 0.3) is 4.96 Å². The summed E-state index contributed by atoms with van der Waals surface area (Å²) in [6.07, 6.45) is 5.16. The third-order valence-corrected chi connectivity index (χ3v) is 4.90. The van der Waals surface area contributed by atoms with Gasteiger partial charge in [0.05, 0.1) is 12.1 Å². The normalized spacial score (nSPS) is 20.2. The van der Waals surface area contributed by atoms with Gasteiger partial charge in [-0.15, -0.1) is 11.3 Å². The second-order valence-corrected chi connectivity index (χ2v) is 6.88. The van der Waals surface area contributed by atoms with Crippen molar-refractivity contribution in [2.24, 2.45) is 0 Å². The summed E-state index contributed by atoms with van der Waals surface area (Å²) in [6.45, 7) is 0. The van der Waals surface area contributed by atoms with E-state index in [1.807, 2.05) is 40.4 Å². The van der Waals surface area contributed by atoms with Crippen molar-refractivity contribution in [3.63, 3.8) is 0 Å². The number of carbonyl (C=O) groups excluding carboxylic acids is 1. The lowest BCUT2D eigenvalue weighted by molar-refractivity contribution is -0.120. The summed E-state index contributed by atoms with van der Waals surface area (Å²) in [7, 11) is 0. The molecule has 22 heavy (non-hydrogen) atoms. The van der Waals surface area contributed by atoms with Crippen LogP contribution in [0.2, 0.25) is 5.02 Å². The zero-order valence-corrected chi connectivity index (χ0v) is 13.3. The van der Waals surface area contributed by atoms with Crippen LogP contribution in [0.1, 0.15) is 23.6 Å². The second-order valence-electron chi connectivity index (χ2n) is 5.57. The van der Waals surface area contributed by atoms with Gasteiger partial charge in [0.1, 0.15) is 0 Å². The minimum atomic E-state index is 0.0280. The Kier molecular flexibility index (Phi) is 3.39. The van der Waals surface area contributed by atoms with E-state index in [1.54, 1.807) is 11.3 Å². The van der Waals surface area contributed by atoms with E-state index in [-0.39, 0.29) is 11.9 Å². The first kappa shape index (κ1) is 13.8. The summed E-state index contributed by atoms with van der Waals surface area (Å²) in [5.74, 6) is 0.411. The molecule has 0 spiro atoms. The predicted molar refractivity (Wildman–Crippen MR) is 87.5 cm³/mol. The van der Waals surface area contributed by atoms with Crippen molar-refractivity contribution < 1.29 is 4.79 Å². The van der Waals surface area contributed by atoms with Gasteiger partial charge < -0.3 is 5.32 Å². The Hall–Kier alpha value is -1.85. The van der Waals surface area contributed by atoms with E-state index in [1.165, 1.54) is 5.56 Å². The fraction of sp³-hybridized carbons (Fsp3) is 0.250. The Morgan fingerprint density at radius 1 is 1.50 bits per heavy atom. The van der Waals surface area contributed by atoms with Gasteiger partial charge in [0.15, 0.2) is 4.96 Å². The number of amides is 1. The van der Waals surface area contributed by atoms with Gasteiger partial charge in [0.2, 0.25) is 5.91 Å². The van der Waals surface area contributed by atoms with Gasteiger partial charge in [-0.1, -0.05) is 23.7 Å². The molecule has 0 radical (unpaired) electrons. The van der Waals surface area contributed by atoms with Crippen molar-refractivity contribution in [1.29, 1.82) is 0 Å². The molecule has 1 N–H and O–H groups in total. The van der Waals surface area contributed by atoms with E-state index < -0.39 is 0 Å². The first-order chi connectivity index (χ1) is 10.7. The standard InChI is InChI=1S/C16H14ClN3OS/c17-11-3-1-2-10(6-11)13-8-14(13)19-15(21)7-12-9-20-4-5-22-16(20)18-12/h1-6,9,13-14H,7-8H2,(H,19,21)/t13-,14-/m0/s1. The average molecular weight is 332 g/mol. The van der Waals surface area contributed by atoms with Gasteiger partial charge in [0.25, 0.3) is 0 Å². The molecule has 6 heteroatoms. The Morgan fingerprint density at radius 3 is 3.23 bits per heavy atom. The van der Waals surface area contributed by atoms with E-state index >= 15 is 0 Å². The van der Waals surface area contributed by atoms with Crippen LogP contribution < -0.4 is 5.32 Å². The molecule has 0 unspecified atom stereocenters. The number of thiazole rings is 1. The summed E-state index contributed by atoms with van der Waals surface area (Å²) >= 11 is 7.58. The van der Waals surface area contributed by atoms with Crippen molar-refractivity contribution in [1.82, 2.24) is 14.7 Å². The highest BCUT2D eigenvalue weighted by Gasteiger charge is 2.39. The number of nitrogens with zero attached hydrogens (tertiary/aromatic N) is 2.